The summed E-state index contributed by atoms with van der Waals surface area (Å²) in [7, 11) is -3.51. The van der Waals surface area contributed by atoms with Crippen molar-refractivity contribution in [2.75, 3.05) is 6.54 Å². The highest BCUT2D eigenvalue weighted by atomic mass is 32.2. The van der Waals surface area contributed by atoms with Crippen LogP contribution in [0, 0.1) is 5.92 Å². The molecule has 1 aliphatic carbocycles. The van der Waals surface area contributed by atoms with Crippen molar-refractivity contribution >= 4 is 27.2 Å². The second kappa shape index (κ2) is 4.72. The zero-order chi connectivity index (χ0) is 12.5. The van der Waals surface area contributed by atoms with Crippen LogP contribution in [0.25, 0.3) is 0 Å². The first kappa shape index (κ1) is 12.5. The van der Waals surface area contributed by atoms with Crippen LogP contribution in [0.3, 0.4) is 0 Å². The van der Waals surface area contributed by atoms with E-state index in [-0.39, 0.29) is 9.88 Å². The van der Waals surface area contributed by atoms with Gasteiger partial charge in [0.2, 0.25) is 10.0 Å². The zero-order valence-corrected chi connectivity index (χ0v) is 10.9. The van der Waals surface area contributed by atoms with Gasteiger partial charge in [-0.25, -0.2) is 13.1 Å². The number of hydrogen-bond acceptors (Lipinski definition) is 3. The molecule has 1 aromatic rings. The number of hydrogen-bond donors (Lipinski definition) is 2. The molecule has 92 valence electrons. The minimum Gasteiger partial charge on any atom is -0.389 e. The van der Waals surface area contributed by atoms with E-state index in [2.05, 4.69) is 4.72 Å². The summed E-state index contributed by atoms with van der Waals surface area (Å²) in [6.07, 6.45) is 2.19. The van der Waals surface area contributed by atoms with Crippen molar-refractivity contribution in [1.82, 2.24) is 4.72 Å². The van der Waals surface area contributed by atoms with Gasteiger partial charge in [-0.15, -0.1) is 0 Å². The zero-order valence-electron chi connectivity index (χ0n) is 9.22. The van der Waals surface area contributed by atoms with Gasteiger partial charge in [-0.2, -0.15) is 0 Å². The molecular formula is C11H14N2O2S2. The Morgan fingerprint density at radius 2 is 2.06 bits per heavy atom. The Kier molecular flexibility index (Phi) is 3.46. The van der Waals surface area contributed by atoms with Crippen LogP contribution in [0.5, 0.6) is 0 Å². The number of sulfonamides is 1. The van der Waals surface area contributed by atoms with Crippen molar-refractivity contribution in [1.29, 1.82) is 0 Å². The van der Waals surface area contributed by atoms with Gasteiger partial charge in [0.1, 0.15) is 4.99 Å². The summed E-state index contributed by atoms with van der Waals surface area (Å²) in [4.78, 5) is 0.255. The Hall–Kier alpha value is -0.980. The van der Waals surface area contributed by atoms with Crippen molar-refractivity contribution < 1.29 is 8.42 Å². The lowest BCUT2D eigenvalue weighted by Gasteiger charge is -2.10. The van der Waals surface area contributed by atoms with Gasteiger partial charge in [-0.1, -0.05) is 30.4 Å². The quantitative estimate of drug-likeness (QED) is 0.783. The van der Waals surface area contributed by atoms with Gasteiger partial charge in [-0.05, 0) is 24.8 Å². The third-order valence-electron chi connectivity index (χ3n) is 2.70. The first-order chi connectivity index (χ1) is 8.00. The molecule has 0 aliphatic heterocycles. The number of nitrogens with two attached hydrogens (primary N) is 1. The maximum absolute atomic E-state index is 12.1. The van der Waals surface area contributed by atoms with E-state index < -0.39 is 10.0 Å². The molecule has 1 saturated carbocycles. The van der Waals surface area contributed by atoms with Crippen LogP contribution in [0.1, 0.15) is 18.4 Å². The standard InChI is InChI=1S/C11H14N2O2S2/c12-11(16)9-3-1-2-4-10(9)17(14,15)13-7-8-5-6-8/h1-4,8,13H,5-7H2,(H2,12,16). The average molecular weight is 270 g/mol. The Morgan fingerprint density at radius 1 is 1.41 bits per heavy atom. The SMILES string of the molecule is NC(=S)c1ccccc1S(=O)(=O)NCC1CC1. The molecule has 0 aromatic heterocycles. The van der Waals surface area contributed by atoms with Crippen molar-refractivity contribution in [3.05, 3.63) is 29.8 Å². The van der Waals surface area contributed by atoms with Crippen LogP contribution < -0.4 is 10.5 Å². The van der Waals surface area contributed by atoms with Gasteiger partial charge in [0, 0.05) is 12.1 Å². The first-order valence-corrected chi connectivity index (χ1v) is 7.28. The smallest absolute Gasteiger partial charge is 0.241 e. The van der Waals surface area contributed by atoms with Gasteiger partial charge in [0.25, 0.3) is 0 Å². The number of rotatable bonds is 5. The van der Waals surface area contributed by atoms with E-state index in [9.17, 15) is 8.42 Å². The second-order valence-corrected chi connectivity index (χ2v) is 6.33. The number of nitrogens with one attached hydrogen (secondary N) is 1. The molecule has 2 rings (SSSR count). The largest absolute Gasteiger partial charge is 0.389 e. The average Bonchev–Trinajstić information content (AvgIpc) is 3.10. The van der Waals surface area contributed by atoms with E-state index in [1.54, 1.807) is 18.2 Å². The van der Waals surface area contributed by atoms with Gasteiger partial charge in [0.15, 0.2) is 0 Å². The predicted molar refractivity (Wildman–Crippen MR) is 70.2 cm³/mol. The summed E-state index contributed by atoms with van der Waals surface area (Å²) in [5.41, 5.74) is 5.91. The molecule has 0 spiro atoms. The molecule has 0 heterocycles. The minimum absolute atomic E-state index is 0.0948. The Labute approximate surface area is 106 Å². The molecular weight excluding hydrogens is 256 g/mol. The predicted octanol–water partition coefficient (Wildman–Crippen LogP) is 1.01. The van der Waals surface area contributed by atoms with E-state index >= 15 is 0 Å². The molecule has 6 heteroatoms. The van der Waals surface area contributed by atoms with Gasteiger partial charge >= 0.3 is 0 Å². The van der Waals surface area contributed by atoms with Gasteiger partial charge in [0.05, 0.1) is 4.90 Å². The van der Waals surface area contributed by atoms with E-state index in [0.717, 1.165) is 12.8 Å². The highest BCUT2D eigenvalue weighted by Gasteiger charge is 2.25. The summed E-state index contributed by atoms with van der Waals surface area (Å²) in [6, 6.07) is 6.51. The van der Waals surface area contributed by atoms with Crippen LogP contribution in [0.2, 0.25) is 0 Å². The van der Waals surface area contributed by atoms with Crippen molar-refractivity contribution in [2.24, 2.45) is 11.7 Å². The van der Waals surface area contributed by atoms with E-state index in [0.29, 0.717) is 18.0 Å². The third-order valence-corrected chi connectivity index (χ3v) is 4.40. The maximum atomic E-state index is 12.1. The van der Waals surface area contributed by atoms with Gasteiger partial charge in [-0.3, -0.25) is 0 Å². The normalized spacial score (nSPS) is 15.8. The summed E-state index contributed by atoms with van der Waals surface area (Å²) in [6.45, 7) is 0.494. The maximum Gasteiger partial charge on any atom is 0.241 e. The summed E-state index contributed by atoms with van der Waals surface area (Å²) < 4.78 is 26.7. The fourth-order valence-corrected chi connectivity index (χ4v) is 3.11. The molecule has 1 aromatic carbocycles. The molecule has 3 N–H and O–H groups in total. The van der Waals surface area contributed by atoms with E-state index in [1.807, 2.05) is 0 Å². The minimum atomic E-state index is -3.51. The van der Waals surface area contributed by atoms with Crippen molar-refractivity contribution in [3.63, 3.8) is 0 Å². The number of thiocarbonyl (C=S) groups is 1. The van der Waals surface area contributed by atoms with Gasteiger partial charge < -0.3 is 5.73 Å². The van der Waals surface area contributed by atoms with Crippen molar-refractivity contribution in [2.45, 2.75) is 17.7 Å². The molecule has 4 nitrogen and oxygen atoms in total. The molecule has 0 unspecified atom stereocenters. The lowest BCUT2D eigenvalue weighted by atomic mass is 10.2. The molecule has 0 radical (unpaired) electrons. The van der Waals surface area contributed by atoms with Crippen LogP contribution in [0.15, 0.2) is 29.2 Å². The lowest BCUT2D eigenvalue weighted by Crippen LogP contribution is -2.28. The van der Waals surface area contributed by atoms with E-state index in [4.69, 9.17) is 18.0 Å². The summed E-state index contributed by atoms with van der Waals surface area (Å²) in [5.74, 6) is 0.488. The summed E-state index contributed by atoms with van der Waals surface area (Å²) >= 11 is 4.85. The third kappa shape index (κ3) is 3.02. The Balaban J connectivity index is 2.27. The van der Waals surface area contributed by atoms with Crippen LogP contribution in [-0.4, -0.2) is 20.0 Å². The van der Waals surface area contributed by atoms with Crippen LogP contribution in [-0.2, 0) is 10.0 Å². The fraction of sp³-hybridized carbons (Fsp3) is 0.364. The second-order valence-electron chi connectivity index (χ2n) is 4.16. The topological polar surface area (TPSA) is 72.2 Å². The van der Waals surface area contributed by atoms with E-state index in [1.165, 1.54) is 6.07 Å². The molecule has 0 saturated heterocycles. The molecule has 0 atom stereocenters. The highest BCUT2D eigenvalue weighted by molar-refractivity contribution is 7.89. The van der Waals surface area contributed by atoms with Crippen molar-refractivity contribution in [3.8, 4) is 0 Å². The first-order valence-electron chi connectivity index (χ1n) is 5.39. The molecule has 17 heavy (non-hydrogen) atoms. The lowest BCUT2D eigenvalue weighted by molar-refractivity contribution is 0.577. The summed E-state index contributed by atoms with van der Waals surface area (Å²) in [5, 5.41) is 0. The molecule has 1 fully saturated rings. The monoisotopic (exact) mass is 270 g/mol. The fourth-order valence-electron chi connectivity index (χ4n) is 1.53. The molecule has 1 aliphatic rings. The highest BCUT2D eigenvalue weighted by Crippen LogP contribution is 2.28. The van der Waals surface area contributed by atoms with Crippen LogP contribution >= 0.6 is 12.2 Å². The van der Waals surface area contributed by atoms with Crippen LogP contribution in [0.4, 0.5) is 0 Å². The Morgan fingerprint density at radius 3 is 2.65 bits per heavy atom. The molecule has 0 amide bonds. The number of benzene rings is 1. The molecule has 0 bridgehead atoms. The Bertz CT molecular complexity index is 536.